The number of nitrogens with zero attached hydrogens (tertiary/aromatic N) is 1. The molecule has 0 spiro atoms. The highest BCUT2D eigenvalue weighted by molar-refractivity contribution is 5.84. The molecular formula is C41H76N4O12. The van der Waals surface area contributed by atoms with Crippen molar-refractivity contribution < 1.29 is 57.9 Å². The molecule has 0 aromatic rings. The first-order valence-electron chi connectivity index (χ1n) is 21.5. The van der Waals surface area contributed by atoms with E-state index >= 15 is 0 Å². The Hall–Kier alpha value is -3.34. The van der Waals surface area contributed by atoms with Crippen LogP contribution in [0.3, 0.4) is 0 Å². The van der Waals surface area contributed by atoms with E-state index in [1.807, 2.05) is 13.8 Å². The van der Waals surface area contributed by atoms with Gasteiger partial charge in [-0.25, -0.2) is 4.79 Å². The summed E-state index contributed by atoms with van der Waals surface area (Å²) in [5, 5.41) is 26.0. The lowest BCUT2D eigenvalue weighted by molar-refractivity contribution is -0.142. The van der Waals surface area contributed by atoms with Crippen LogP contribution < -0.4 is 16.0 Å². The Balaban J connectivity index is 3.66. The summed E-state index contributed by atoms with van der Waals surface area (Å²) < 4.78 is 21.3. The summed E-state index contributed by atoms with van der Waals surface area (Å²) in [6, 6.07) is -1.13. The molecule has 0 saturated heterocycles. The molecule has 4 amide bonds. The number of unbranched alkanes of at least 4 members (excludes halogenated alkanes) is 15. The molecule has 16 heteroatoms. The molecular weight excluding hydrogens is 740 g/mol. The zero-order valence-corrected chi connectivity index (χ0v) is 35.1. The standard InChI is InChI=1S/C41H76N4O12/c1-3-45(4-2)39(49)34-57-32-30-55-28-26-43-38(48)33-56-31-29-54-27-25-42-36(46)24-23-35(41(52)53)44-37(47)21-19-17-15-13-11-9-7-5-6-8-10-12-14-16-18-20-22-40(50)51/h35H,3-34H2,1-2H3,(H,42,46)(H,43,48)(H,44,47)(H,50,51)(H,52,53)/t35-/m0/s1. The summed E-state index contributed by atoms with van der Waals surface area (Å²) in [6.45, 7) is 7.04. The van der Waals surface area contributed by atoms with Crippen molar-refractivity contribution in [3.05, 3.63) is 0 Å². The first kappa shape index (κ1) is 53.7. The van der Waals surface area contributed by atoms with Crippen LogP contribution in [0.5, 0.6) is 0 Å². The van der Waals surface area contributed by atoms with E-state index in [1.165, 1.54) is 57.8 Å². The maximum atomic E-state index is 12.3. The van der Waals surface area contributed by atoms with Crippen molar-refractivity contribution in [2.24, 2.45) is 0 Å². The van der Waals surface area contributed by atoms with Crippen molar-refractivity contribution in [3.63, 3.8) is 0 Å². The molecule has 0 aromatic heterocycles. The van der Waals surface area contributed by atoms with E-state index in [-0.39, 0.29) is 95.5 Å². The zero-order valence-electron chi connectivity index (χ0n) is 35.1. The van der Waals surface area contributed by atoms with Gasteiger partial charge >= 0.3 is 11.9 Å². The summed E-state index contributed by atoms with van der Waals surface area (Å²) in [5.41, 5.74) is 0. The lowest BCUT2D eigenvalue weighted by atomic mass is 10.0. The SMILES string of the molecule is CCN(CC)C(=O)COCCOCCNC(=O)COCCOCCNC(=O)CC[C@H](NC(=O)CCCCCCCCCCCCCCCCCCC(=O)O)C(=O)O. The van der Waals surface area contributed by atoms with Gasteiger partial charge in [0.25, 0.3) is 0 Å². The molecule has 0 aromatic carbocycles. The normalized spacial score (nSPS) is 11.5. The summed E-state index contributed by atoms with van der Waals surface area (Å²) in [5.74, 6) is -2.89. The fraction of sp³-hybridized carbons (Fsp3) is 0.854. The van der Waals surface area contributed by atoms with E-state index in [1.54, 1.807) is 4.90 Å². The van der Waals surface area contributed by atoms with Crippen LogP contribution in [0.4, 0.5) is 0 Å². The summed E-state index contributed by atoms with van der Waals surface area (Å²) >= 11 is 0. The van der Waals surface area contributed by atoms with Crippen molar-refractivity contribution in [3.8, 4) is 0 Å². The van der Waals surface area contributed by atoms with Gasteiger partial charge in [-0.2, -0.15) is 0 Å². The third kappa shape index (κ3) is 36.7. The van der Waals surface area contributed by atoms with Crippen molar-refractivity contribution >= 4 is 35.6 Å². The lowest BCUT2D eigenvalue weighted by Gasteiger charge is -2.18. The maximum Gasteiger partial charge on any atom is 0.326 e. The Morgan fingerprint density at radius 2 is 0.912 bits per heavy atom. The fourth-order valence-electron chi connectivity index (χ4n) is 5.93. The topological polar surface area (TPSA) is 219 Å². The quantitative estimate of drug-likeness (QED) is 0.0534. The second kappa shape index (κ2) is 39.5. The average molecular weight is 817 g/mol. The molecule has 16 nitrogen and oxygen atoms in total. The maximum absolute atomic E-state index is 12.3. The number of ether oxygens (including phenoxy) is 4. The molecule has 1 atom stereocenters. The van der Waals surface area contributed by atoms with Crippen molar-refractivity contribution in [1.82, 2.24) is 20.9 Å². The molecule has 0 aliphatic heterocycles. The van der Waals surface area contributed by atoms with Gasteiger partial charge in [-0.15, -0.1) is 0 Å². The minimum Gasteiger partial charge on any atom is -0.481 e. The third-order valence-electron chi connectivity index (χ3n) is 9.29. The molecule has 0 unspecified atom stereocenters. The minimum absolute atomic E-state index is 0.0141. The van der Waals surface area contributed by atoms with Crippen LogP contribution in [0, 0.1) is 0 Å². The van der Waals surface area contributed by atoms with Gasteiger partial charge in [0.05, 0.1) is 39.6 Å². The first-order valence-corrected chi connectivity index (χ1v) is 21.5. The summed E-state index contributed by atoms with van der Waals surface area (Å²) in [7, 11) is 0. The predicted octanol–water partition coefficient (Wildman–Crippen LogP) is 4.61. The van der Waals surface area contributed by atoms with Gasteiger partial charge in [0, 0.05) is 45.4 Å². The number of carboxylic acids is 2. The van der Waals surface area contributed by atoms with E-state index in [4.69, 9.17) is 24.1 Å². The zero-order chi connectivity index (χ0) is 42.2. The van der Waals surface area contributed by atoms with Gasteiger partial charge in [0.2, 0.25) is 23.6 Å². The third-order valence-corrected chi connectivity index (χ3v) is 9.29. The first-order chi connectivity index (χ1) is 27.6. The van der Waals surface area contributed by atoms with Gasteiger partial charge in [-0.1, -0.05) is 89.9 Å². The number of rotatable bonds is 42. The highest BCUT2D eigenvalue weighted by Crippen LogP contribution is 2.14. The molecule has 57 heavy (non-hydrogen) atoms. The minimum atomic E-state index is -1.17. The van der Waals surface area contributed by atoms with E-state index in [2.05, 4.69) is 16.0 Å². The second-order valence-electron chi connectivity index (χ2n) is 14.1. The highest BCUT2D eigenvalue weighted by Gasteiger charge is 2.20. The van der Waals surface area contributed by atoms with E-state index < -0.39 is 18.0 Å². The Morgan fingerprint density at radius 1 is 0.491 bits per heavy atom. The molecule has 0 aliphatic rings. The van der Waals surface area contributed by atoms with Crippen LogP contribution >= 0.6 is 0 Å². The Kier molecular flexibility index (Phi) is 37.2. The van der Waals surface area contributed by atoms with Crippen molar-refractivity contribution in [2.45, 2.75) is 148 Å². The molecule has 332 valence electrons. The predicted molar refractivity (Wildman–Crippen MR) is 217 cm³/mol. The lowest BCUT2D eigenvalue weighted by Crippen LogP contribution is -2.41. The molecule has 0 radical (unpaired) electrons. The highest BCUT2D eigenvalue weighted by atomic mass is 16.5. The number of carbonyl (C=O) groups excluding carboxylic acids is 4. The number of aliphatic carboxylic acids is 2. The number of carbonyl (C=O) groups is 6. The Labute approximate surface area is 341 Å². The van der Waals surface area contributed by atoms with Crippen LogP contribution in [0.25, 0.3) is 0 Å². The molecule has 5 N–H and O–H groups in total. The van der Waals surface area contributed by atoms with E-state index in [9.17, 15) is 33.9 Å². The number of hydrogen-bond donors (Lipinski definition) is 5. The van der Waals surface area contributed by atoms with Gasteiger partial charge in [0.15, 0.2) is 0 Å². The van der Waals surface area contributed by atoms with Gasteiger partial charge in [-0.05, 0) is 33.1 Å². The number of nitrogens with one attached hydrogen (secondary N) is 3. The number of likely N-dealkylation sites (N-methyl/N-ethyl adjacent to an activating group) is 1. The van der Waals surface area contributed by atoms with Crippen LogP contribution in [0.1, 0.15) is 142 Å². The monoisotopic (exact) mass is 817 g/mol. The number of hydrogen-bond acceptors (Lipinski definition) is 10. The average Bonchev–Trinajstić information content (AvgIpc) is 3.18. The van der Waals surface area contributed by atoms with E-state index in [0.717, 1.165) is 38.5 Å². The van der Waals surface area contributed by atoms with Crippen molar-refractivity contribution in [2.75, 3.05) is 79.0 Å². The number of amides is 4. The van der Waals surface area contributed by atoms with E-state index in [0.29, 0.717) is 39.3 Å². The Bertz CT molecular complexity index is 1060. The second-order valence-corrected chi connectivity index (χ2v) is 14.1. The summed E-state index contributed by atoms with van der Waals surface area (Å²) in [4.78, 5) is 72.0. The molecule has 0 heterocycles. The molecule has 0 saturated carbocycles. The van der Waals surface area contributed by atoms with Crippen LogP contribution in [0.2, 0.25) is 0 Å². The largest absolute Gasteiger partial charge is 0.481 e. The van der Waals surface area contributed by atoms with Crippen LogP contribution in [0.15, 0.2) is 0 Å². The van der Waals surface area contributed by atoms with Gasteiger partial charge in [-0.3, -0.25) is 24.0 Å². The van der Waals surface area contributed by atoms with Crippen molar-refractivity contribution in [1.29, 1.82) is 0 Å². The van der Waals surface area contributed by atoms with Crippen LogP contribution in [-0.4, -0.2) is 136 Å². The molecule has 0 bridgehead atoms. The van der Waals surface area contributed by atoms with Gasteiger partial charge in [0.1, 0.15) is 19.3 Å². The molecule has 0 fully saturated rings. The van der Waals surface area contributed by atoms with Crippen LogP contribution in [-0.2, 0) is 47.7 Å². The van der Waals surface area contributed by atoms with Gasteiger partial charge < -0.3 is 50.0 Å². The number of carboxylic acid groups (broad SMARTS) is 2. The summed E-state index contributed by atoms with van der Waals surface area (Å²) in [6.07, 6.45) is 18.4. The fourth-order valence-corrected chi connectivity index (χ4v) is 5.93. The molecule has 0 rings (SSSR count). The molecule has 0 aliphatic carbocycles. The smallest absolute Gasteiger partial charge is 0.326 e. The Morgan fingerprint density at radius 3 is 1.37 bits per heavy atom.